The van der Waals surface area contributed by atoms with Gasteiger partial charge in [0.05, 0.1) is 12.1 Å². The number of hydrogen-bond donors (Lipinski definition) is 2. The Bertz CT molecular complexity index is 556. The van der Waals surface area contributed by atoms with E-state index in [1.165, 1.54) is 11.1 Å². The van der Waals surface area contributed by atoms with Crippen LogP contribution in [0.15, 0.2) is 24.3 Å². The molecule has 3 aliphatic carbocycles. The van der Waals surface area contributed by atoms with Crippen LogP contribution in [-0.4, -0.2) is 23.2 Å². The summed E-state index contributed by atoms with van der Waals surface area (Å²) in [6.45, 7) is 0. The molecular formula is C18H23NO2. The topological polar surface area (TPSA) is 49.3 Å². The van der Waals surface area contributed by atoms with Crippen molar-refractivity contribution < 1.29 is 9.90 Å². The lowest BCUT2D eigenvalue weighted by atomic mass is 9.92. The monoisotopic (exact) mass is 285 g/mol. The van der Waals surface area contributed by atoms with E-state index in [-0.39, 0.29) is 24.0 Å². The maximum atomic E-state index is 12.6. The molecule has 1 aromatic carbocycles. The fraction of sp³-hybridized carbons (Fsp3) is 0.611. The Hall–Kier alpha value is -1.35. The van der Waals surface area contributed by atoms with Crippen LogP contribution in [0.3, 0.4) is 0 Å². The van der Waals surface area contributed by atoms with E-state index < -0.39 is 0 Å². The predicted octanol–water partition coefficient (Wildman–Crippen LogP) is 2.38. The number of aliphatic hydroxyl groups excluding tert-OH is 1. The summed E-state index contributed by atoms with van der Waals surface area (Å²) in [6.07, 6.45) is 5.82. The Balaban J connectivity index is 1.46. The molecule has 4 rings (SSSR count). The van der Waals surface area contributed by atoms with Crippen molar-refractivity contribution in [3.8, 4) is 0 Å². The molecule has 3 nitrogen and oxygen atoms in total. The molecule has 2 fully saturated rings. The summed E-state index contributed by atoms with van der Waals surface area (Å²) in [7, 11) is 0. The minimum Gasteiger partial charge on any atom is -0.391 e. The van der Waals surface area contributed by atoms with Gasteiger partial charge in [-0.2, -0.15) is 0 Å². The molecule has 2 N–H and O–H groups in total. The van der Waals surface area contributed by atoms with Crippen LogP contribution in [0, 0.1) is 11.8 Å². The smallest absolute Gasteiger partial charge is 0.224 e. The Morgan fingerprint density at radius 1 is 1.14 bits per heavy atom. The van der Waals surface area contributed by atoms with Crippen molar-refractivity contribution in [2.24, 2.45) is 11.8 Å². The van der Waals surface area contributed by atoms with Gasteiger partial charge in [-0.3, -0.25) is 4.79 Å². The summed E-state index contributed by atoms with van der Waals surface area (Å²) in [6, 6.07) is 8.54. The second kappa shape index (κ2) is 5.13. The van der Waals surface area contributed by atoms with Crippen molar-refractivity contribution in [3.05, 3.63) is 35.4 Å². The van der Waals surface area contributed by atoms with Crippen molar-refractivity contribution in [3.63, 3.8) is 0 Å². The minimum atomic E-state index is -0.351. The van der Waals surface area contributed by atoms with E-state index >= 15 is 0 Å². The highest BCUT2D eigenvalue weighted by Gasteiger charge is 2.57. The Morgan fingerprint density at radius 2 is 1.95 bits per heavy atom. The first kappa shape index (κ1) is 13.3. The molecule has 0 spiro atoms. The third kappa shape index (κ3) is 2.28. The van der Waals surface area contributed by atoms with Gasteiger partial charge >= 0.3 is 0 Å². The highest BCUT2D eigenvalue weighted by molar-refractivity contribution is 5.84. The van der Waals surface area contributed by atoms with Gasteiger partial charge in [0.2, 0.25) is 5.91 Å². The standard InChI is InChI=1S/C18H23NO2/c20-15-8-4-3-7-14(15)19-18(21)17-13-10-9-11-5-1-2-6-12(11)16(13)17/h1-2,5-6,13-17,20H,3-4,7-10H2,(H,19,21). The number of hydrogen-bond acceptors (Lipinski definition) is 2. The third-order valence-electron chi connectivity index (χ3n) is 5.69. The van der Waals surface area contributed by atoms with Gasteiger partial charge in [-0.25, -0.2) is 0 Å². The number of carbonyl (C=O) groups excluding carboxylic acids is 1. The van der Waals surface area contributed by atoms with Crippen LogP contribution in [0.2, 0.25) is 0 Å². The predicted molar refractivity (Wildman–Crippen MR) is 80.9 cm³/mol. The molecule has 112 valence electrons. The van der Waals surface area contributed by atoms with E-state index in [0.717, 1.165) is 38.5 Å². The number of nitrogens with one attached hydrogen (secondary N) is 1. The van der Waals surface area contributed by atoms with Crippen LogP contribution in [0.4, 0.5) is 0 Å². The van der Waals surface area contributed by atoms with Gasteiger partial charge < -0.3 is 10.4 Å². The lowest BCUT2D eigenvalue weighted by Crippen LogP contribution is -2.45. The zero-order chi connectivity index (χ0) is 14.4. The molecule has 3 aliphatic rings. The van der Waals surface area contributed by atoms with Gasteiger partial charge in [0.15, 0.2) is 0 Å². The first-order valence-electron chi connectivity index (χ1n) is 8.32. The average molecular weight is 285 g/mol. The van der Waals surface area contributed by atoms with Gasteiger partial charge in [0.25, 0.3) is 0 Å². The number of benzene rings is 1. The zero-order valence-electron chi connectivity index (χ0n) is 12.3. The highest BCUT2D eigenvalue weighted by Crippen LogP contribution is 2.59. The first-order chi connectivity index (χ1) is 10.3. The van der Waals surface area contributed by atoms with Crippen LogP contribution in [-0.2, 0) is 11.2 Å². The number of rotatable bonds is 2. The van der Waals surface area contributed by atoms with Crippen molar-refractivity contribution in [2.45, 2.75) is 56.6 Å². The Labute approximate surface area is 125 Å². The summed E-state index contributed by atoms with van der Waals surface area (Å²) in [5.41, 5.74) is 2.81. The van der Waals surface area contributed by atoms with Gasteiger partial charge in [-0.1, -0.05) is 37.1 Å². The second-order valence-electron chi connectivity index (χ2n) is 6.92. The van der Waals surface area contributed by atoms with Gasteiger partial charge in [-0.15, -0.1) is 0 Å². The molecule has 2 saturated carbocycles. The van der Waals surface area contributed by atoms with E-state index in [4.69, 9.17) is 0 Å². The van der Waals surface area contributed by atoms with Gasteiger partial charge in [0, 0.05) is 5.92 Å². The minimum absolute atomic E-state index is 0.0239. The van der Waals surface area contributed by atoms with E-state index in [2.05, 4.69) is 29.6 Å². The van der Waals surface area contributed by atoms with Crippen LogP contribution >= 0.6 is 0 Å². The van der Waals surface area contributed by atoms with E-state index in [1.54, 1.807) is 0 Å². The molecule has 0 aliphatic heterocycles. The summed E-state index contributed by atoms with van der Waals surface area (Å²) in [4.78, 5) is 12.6. The normalized spacial score (nSPS) is 37.3. The average Bonchev–Trinajstić information content (AvgIpc) is 3.24. The molecule has 3 heteroatoms. The van der Waals surface area contributed by atoms with E-state index in [9.17, 15) is 9.90 Å². The second-order valence-corrected chi connectivity index (χ2v) is 6.92. The molecule has 1 aromatic rings. The molecule has 0 radical (unpaired) electrons. The van der Waals surface area contributed by atoms with Gasteiger partial charge in [0.1, 0.15) is 0 Å². The molecule has 0 saturated heterocycles. The Morgan fingerprint density at radius 3 is 2.81 bits per heavy atom. The maximum Gasteiger partial charge on any atom is 0.224 e. The largest absolute Gasteiger partial charge is 0.391 e. The number of carbonyl (C=O) groups is 1. The van der Waals surface area contributed by atoms with Crippen LogP contribution in [0.5, 0.6) is 0 Å². The Kier molecular flexibility index (Phi) is 3.26. The van der Waals surface area contributed by atoms with Crippen molar-refractivity contribution >= 4 is 5.91 Å². The van der Waals surface area contributed by atoms with Crippen LogP contribution in [0.25, 0.3) is 0 Å². The van der Waals surface area contributed by atoms with E-state index in [0.29, 0.717) is 11.8 Å². The fourth-order valence-electron chi connectivity index (χ4n) is 4.48. The third-order valence-corrected chi connectivity index (χ3v) is 5.69. The lowest BCUT2D eigenvalue weighted by Gasteiger charge is -2.28. The molecule has 1 amide bonds. The number of aryl methyl sites for hydroxylation is 1. The summed E-state index contributed by atoms with van der Waals surface area (Å²) in [5.74, 6) is 1.27. The zero-order valence-corrected chi connectivity index (χ0v) is 12.3. The van der Waals surface area contributed by atoms with Crippen LogP contribution in [0.1, 0.15) is 49.1 Å². The molecule has 5 atom stereocenters. The van der Waals surface area contributed by atoms with Crippen LogP contribution < -0.4 is 5.32 Å². The number of amides is 1. The van der Waals surface area contributed by atoms with Gasteiger partial charge in [-0.05, 0) is 48.6 Å². The molecular weight excluding hydrogens is 262 g/mol. The van der Waals surface area contributed by atoms with Crippen molar-refractivity contribution in [1.29, 1.82) is 0 Å². The summed E-state index contributed by atoms with van der Waals surface area (Å²) in [5, 5.41) is 13.2. The molecule has 0 heterocycles. The molecule has 21 heavy (non-hydrogen) atoms. The van der Waals surface area contributed by atoms with E-state index in [1.807, 2.05) is 0 Å². The number of aliphatic hydroxyl groups is 1. The SMILES string of the molecule is O=C(NC1CCCCC1O)C1C2CCc3ccccc3C21. The summed E-state index contributed by atoms with van der Waals surface area (Å²) >= 11 is 0. The lowest BCUT2D eigenvalue weighted by molar-refractivity contribution is -0.124. The van der Waals surface area contributed by atoms with Crippen molar-refractivity contribution in [1.82, 2.24) is 5.32 Å². The summed E-state index contributed by atoms with van der Waals surface area (Å²) < 4.78 is 0. The van der Waals surface area contributed by atoms with Crippen molar-refractivity contribution in [2.75, 3.05) is 0 Å². The number of fused-ring (bicyclic) bond motifs is 3. The first-order valence-corrected chi connectivity index (χ1v) is 8.32. The quantitative estimate of drug-likeness (QED) is 0.876. The highest BCUT2D eigenvalue weighted by atomic mass is 16.3. The molecule has 5 unspecified atom stereocenters. The maximum absolute atomic E-state index is 12.6. The molecule has 0 aromatic heterocycles. The fourth-order valence-corrected chi connectivity index (χ4v) is 4.48. The molecule has 0 bridgehead atoms.